The van der Waals surface area contributed by atoms with E-state index < -0.39 is 0 Å². The maximum atomic E-state index is 13.3. The van der Waals surface area contributed by atoms with Crippen molar-refractivity contribution < 1.29 is 9.53 Å². The van der Waals surface area contributed by atoms with Gasteiger partial charge in [0.15, 0.2) is 11.0 Å². The minimum Gasteiger partial charge on any atom is -0.495 e. The van der Waals surface area contributed by atoms with Gasteiger partial charge >= 0.3 is 0 Å². The SMILES string of the molecule is COc1ccccc1N1CCN(C(=O)c2csc(CSc3nnc(-c4ccccc4Cl)n3-c3ccccc3C)n2)CC1. The van der Waals surface area contributed by atoms with E-state index in [2.05, 4.69) is 40.2 Å². The maximum absolute atomic E-state index is 13.3. The molecule has 0 radical (unpaired) electrons. The van der Waals surface area contributed by atoms with Crippen LogP contribution in [0.4, 0.5) is 5.69 Å². The summed E-state index contributed by atoms with van der Waals surface area (Å²) < 4.78 is 7.56. The van der Waals surface area contributed by atoms with Crippen LogP contribution in [-0.2, 0) is 5.75 Å². The lowest BCUT2D eigenvalue weighted by Gasteiger charge is -2.36. The average Bonchev–Trinajstić information content (AvgIpc) is 3.68. The predicted molar refractivity (Wildman–Crippen MR) is 169 cm³/mol. The van der Waals surface area contributed by atoms with Crippen LogP contribution in [0.5, 0.6) is 5.75 Å². The summed E-state index contributed by atoms with van der Waals surface area (Å²) in [4.78, 5) is 22.1. The van der Waals surface area contributed by atoms with Crippen LogP contribution in [0.1, 0.15) is 21.1 Å². The van der Waals surface area contributed by atoms with Crippen LogP contribution in [0, 0.1) is 6.92 Å². The van der Waals surface area contributed by atoms with Crippen LogP contribution in [0.2, 0.25) is 5.02 Å². The smallest absolute Gasteiger partial charge is 0.273 e. The number of carbonyl (C=O) groups excluding carboxylic acids is 1. The van der Waals surface area contributed by atoms with E-state index in [0.29, 0.717) is 35.4 Å². The Balaban J connectivity index is 1.16. The quantitative estimate of drug-likeness (QED) is 0.181. The van der Waals surface area contributed by atoms with Gasteiger partial charge in [0.2, 0.25) is 0 Å². The highest BCUT2D eigenvalue weighted by molar-refractivity contribution is 7.98. The second kappa shape index (κ2) is 12.6. The number of halogens is 1. The van der Waals surface area contributed by atoms with Gasteiger partial charge in [0.25, 0.3) is 5.91 Å². The summed E-state index contributed by atoms with van der Waals surface area (Å²) in [7, 11) is 1.68. The third kappa shape index (κ3) is 5.74. The number of piperazine rings is 1. The molecule has 1 aliphatic rings. The van der Waals surface area contributed by atoms with Crippen molar-refractivity contribution in [3.8, 4) is 22.8 Å². The molecule has 0 unspecified atom stereocenters. The summed E-state index contributed by atoms with van der Waals surface area (Å²) in [6.45, 7) is 4.79. The molecule has 3 heterocycles. The lowest BCUT2D eigenvalue weighted by Crippen LogP contribution is -2.49. The number of amides is 1. The molecule has 11 heteroatoms. The van der Waals surface area contributed by atoms with E-state index >= 15 is 0 Å². The van der Waals surface area contributed by atoms with Gasteiger partial charge < -0.3 is 14.5 Å². The van der Waals surface area contributed by atoms with Gasteiger partial charge in [0.1, 0.15) is 16.5 Å². The molecule has 0 bridgehead atoms. The van der Waals surface area contributed by atoms with Crippen LogP contribution in [0.25, 0.3) is 17.1 Å². The monoisotopic (exact) mass is 616 g/mol. The molecule has 1 aliphatic heterocycles. The first-order valence-corrected chi connectivity index (χ1v) is 15.8. The second-order valence-corrected chi connectivity index (χ2v) is 12.1. The van der Waals surface area contributed by atoms with Gasteiger partial charge in [0, 0.05) is 37.1 Å². The summed E-state index contributed by atoms with van der Waals surface area (Å²) in [6, 6.07) is 23.8. The van der Waals surface area contributed by atoms with Crippen molar-refractivity contribution in [3.05, 3.63) is 99.5 Å². The first-order chi connectivity index (χ1) is 20.5. The van der Waals surface area contributed by atoms with Crippen LogP contribution < -0.4 is 9.64 Å². The van der Waals surface area contributed by atoms with E-state index in [9.17, 15) is 4.79 Å². The molecule has 0 atom stereocenters. The summed E-state index contributed by atoms with van der Waals surface area (Å²) in [6.07, 6.45) is 0. The van der Waals surface area contributed by atoms with E-state index in [1.165, 1.54) is 23.1 Å². The number of ether oxygens (including phenoxy) is 1. The van der Waals surface area contributed by atoms with Gasteiger partial charge in [-0.05, 0) is 42.8 Å². The molecule has 0 aliphatic carbocycles. The van der Waals surface area contributed by atoms with Crippen molar-refractivity contribution in [2.45, 2.75) is 17.8 Å². The molecule has 3 aromatic carbocycles. The first-order valence-electron chi connectivity index (χ1n) is 13.5. The lowest BCUT2D eigenvalue weighted by molar-refractivity contribution is 0.0741. The maximum Gasteiger partial charge on any atom is 0.273 e. The second-order valence-electron chi connectivity index (χ2n) is 9.77. The number of methoxy groups -OCH3 is 1. The molecule has 214 valence electrons. The Hall–Kier alpha value is -3.86. The number of carbonyl (C=O) groups is 1. The summed E-state index contributed by atoms with van der Waals surface area (Å²) in [5, 5.41) is 13.1. The number of thiazole rings is 1. The number of aromatic nitrogens is 4. The van der Waals surface area contributed by atoms with Crippen molar-refractivity contribution in [2.24, 2.45) is 0 Å². The molecule has 1 saturated heterocycles. The Morgan fingerprint density at radius 2 is 1.67 bits per heavy atom. The number of nitrogens with zero attached hydrogens (tertiary/aromatic N) is 6. The highest BCUT2D eigenvalue weighted by Gasteiger charge is 2.26. The Morgan fingerprint density at radius 1 is 0.952 bits per heavy atom. The van der Waals surface area contributed by atoms with Crippen molar-refractivity contribution in [1.82, 2.24) is 24.6 Å². The number of hydrogen-bond donors (Lipinski definition) is 0. The molecular weight excluding hydrogens is 588 g/mol. The van der Waals surface area contributed by atoms with Gasteiger partial charge in [0.05, 0.1) is 29.3 Å². The van der Waals surface area contributed by atoms with E-state index in [-0.39, 0.29) is 5.91 Å². The molecular formula is C31H29ClN6O2S2. The van der Waals surface area contributed by atoms with Gasteiger partial charge in [-0.3, -0.25) is 9.36 Å². The summed E-state index contributed by atoms with van der Waals surface area (Å²) in [5.41, 5.74) is 4.44. The normalized spacial score (nSPS) is 13.4. The van der Waals surface area contributed by atoms with Gasteiger partial charge in [-0.1, -0.05) is 65.8 Å². The van der Waals surface area contributed by atoms with Crippen LogP contribution >= 0.6 is 34.7 Å². The molecule has 0 saturated carbocycles. The highest BCUT2D eigenvalue weighted by atomic mass is 35.5. The molecule has 42 heavy (non-hydrogen) atoms. The van der Waals surface area contributed by atoms with E-state index in [0.717, 1.165) is 51.5 Å². The third-order valence-corrected chi connectivity index (χ3v) is 9.49. The highest BCUT2D eigenvalue weighted by Crippen LogP contribution is 2.34. The molecule has 0 spiro atoms. The lowest BCUT2D eigenvalue weighted by atomic mass is 10.1. The van der Waals surface area contributed by atoms with Crippen LogP contribution in [0.15, 0.2) is 83.3 Å². The number of para-hydroxylation sites is 3. The van der Waals surface area contributed by atoms with Gasteiger partial charge in [-0.15, -0.1) is 21.5 Å². The zero-order valence-corrected chi connectivity index (χ0v) is 25.6. The third-order valence-electron chi connectivity index (χ3n) is 7.19. The Labute approximate surface area is 257 Å². The number of benzene rings is 3. The average molecular weight is 617 g/mol. The van der Waals surface area contributed by atoms with Crippen molar-refractivity contribution >= 4 is 46.3 Å². The zero-order chi connectivity index (χ0) is 29.1. The molecule has 6 rings (SSSR count). The van der Waals surface area contributed by atoms with Crippen LogP contribution in [0.3, 0.4) is 0 Å². The predicted octanol–water partition coefficient (Wildman–Crippen LogP) is 6.62. The first kappa shape index (κ1) is 28.3. The molecule has 0 N–H and O–H groups in total. The fraction of sp³-hybridized carbons (Fsp3) is 0.226. The number of rotatable bonds is 8. The fourth-order valence-electron chi connectivity index (χ4n) is 5.02. The van der Waals surface area contributed by atoms with Gasteiger partial charge in [-0.25, -0.2) is 4.98 Å². The van der Waals surface area contributed by atoms with Crippen molar-refractivity contribution in [3.63, 3.8) is 0 Å². The Bertz CT molecular complexity index is 1710. The number of aryl methyl sites for hydroxylation is 1. The molecule has 1 fully saturated rings. The zero-order valence-electron chi connectivity index (χ0n) is 23.2. The molecule has 2 aromatic heterocycles. The fourth-order valence-corrected chi connectivity index (χ4v) is 6.97. The molecule has 8 nitrogen and oxygen atoms in total. The topological polar surface area (TPSA) is 76.4 Å². The molecule has 1 amide bonds. The van der Waals surface area contributed by atoms with E-state index in [1.54, 1.807) is 7.11 Å². The Morgan fingerprint density at radius 3 is 2.43 bits per heavy atom. The van der Waals surface area contributed by atoms with Crippen molar-refractivity contribution in [1.29, 1.82) is 0 Å². The van der Waals surface area contributed by atoms with E-state index in [1.807, 2.05) is 69.4 Å². The van der Waals surface area contributed by atoms with Crippen molar-refractivity contribution in [2.75, 3.05) is 38.2 Å². The van der Waals surface area contributed by atoms with Crippen LogP contribution in [-0.4, -0.2) is 63.8 Å². The van der Waals surface area contributed by atoms with Gasteiger partial charge in [-0.2, -0.15) is 0 Å². The largest absolute Gasteiger partial charge is 0.495 e. The minimum absolute atomic E-state index is 0.0359. The number of thioether (sulfide) groups is 1. The standard InChI is InChI=1S/C31H29ClN6O2S2/c1-21-9-3-6-12-25(21)38-29(22-10-4-5-11-23(22)32)34-35-31(38)42-20-28-33-24(19-41-28)30(39)37-17-15-36(16-18-37)26-13-7-8-14-27(26)40-2/h3-14,19H,15-18,20H2,1-2H3. The van der Waals surface area contributed by atoms with E-state index in [4.69, 9.17) is 21.3 Å². The Kier molecular flexibility index (Phi) is 8.46. The molecule has 5 aromatic rings. The minimum atomic E-state index is -0.0359. The summed E-state index contributed by atoms with van der Waals surface area (Å²) >= 11 is 9.58. The summed E-state index contributed by atoms with van der Waals surface area (Å²) in [5.74, 6) is 2.05. The number of hydrogen-bond acceptors (Lipinski definition) is 8. The number of anilines is 1.